The van der Waals surface area contributed by atoms with Crippen LogP contribution in [0.5, 0.6) is 5.75 Å². The van der Waals surface area contributed by atoms with E-state index in [0.29, 0.717) is 28.4 Å². The van der Waals surface area contributed by atoms with E-state index in [1.54, 1.807) is 36.4 Å². The number of nitriles is 1. The van der Waals surface area contributed by atoms with Crippen LogP contribution in [0.25, 0.3) is 11.1 Å². The fourth-order valence-electron chi connectivity index (χ4n) is 2.46. The summed E-state index contributed by atoms with van der Waals surface area (Å²) < 4.78 is 5.44. The van der Waals surface area contributed by atoms with E-state index in [2.05, 4.69) is 5.11 Å². The molecule has 0 spiro atoms. The molecule has 5 heteroatoms. The highest BCUT2D eigenvalue weighted by Crippen LogP contribution is 2.25. The van der Waals surface area contributed by atoms with E-state index in [-0.39, 0.29) is 0 Å². The van der Waals surface area contributed by atoms with Gasteiger partial charge in [-0.15, -0.1) is 0 Å². The van der Waals surface area contributed by atoms with Gasteiger partial charge in [-0.25, -0.2) is 0 Å². The standard InChI is InChI=1S/C21H17N3O2/c1-2-26-21-13-7-18(8-14-21)17-5-11-20(12-6-17)24(25)23-19-9-3-16(15-22)4-10-19/h3-14H,2H2,1H3. The Morgan fingerprint density at radius 2 is 1.50 bits per heavy atom. The van der Waals surface area contributed by atoms with Crippen LogP contribution >= 0.6 is 0 Å². The highest BCUT2D eigenvalue weighted by Gasteiger charge is 2.06. The van der Waals surface area contributed by atoms with Gasteiger partial charge in [0, 0.05) is 17.2 Å². The number of benzene rings is 3. The average Bonchev–Trinajstić information content (AvgIpc) is 2.69. The van der Waals surface area contributed by atoms with E-state index in [1.807, 2.05) is 49.4 Å². The molecule has 0 saturated heterocycles. The molecule has 3 aromatic carbocycles. The summed E-state index contributed by atoms with van der Waals surface area (Å²) in [6, 6.07) is 23.6. The van der Waals surface area contributed by atoms with Crippen LogP contribution in [0.2, 0.25) is 0 Å². The minimum Gasteiger partial charge on any atom is -0.594 e. The number of nitrogens with zero attached hydrogens (tertiary/aromatic N) is 3. The van der Waals surface area contributed by atoms with Crippen molar-refractivity contribution in [2.24, 2.45) is 5.11 Å². The predicted molar refractivity (Wildman–Crippen MR) is 99.6 cm³/mol. The number of hydrogen-bond acceptors (Lipinski definition) is 4. The average molecular weight is 343 g/mol. The van der Waals surface area contributed by atoms with Gasteiger partial charge >= 0.3 is 0 Å². The van der Waals surface area contributed by atoms with Gasteiger partial charge in [0.25, 0.3) is 0 Å². The number of azo groups is 1. The molecule has 0 radical (unpaired) electrons. The molecule has 0 aliphatic rings. The van der Waals surface area contributed by atoms with Gasteiger partial charge in [-0.05, 0) is 66.6 Å². The topological polar surface area (TPSA) is 71.4 Å². The van der Waals surface area contributed by atoms with E-state index in [1.165, 1.54) is 0 Å². The smallest absolute Gasteiger partial charge is 0.244 e. The minimum atomic E-state index is 0.434. The third-order valence-corrected chi connectivity index (χ3v) is 3.79. The van der Waals surface area contributed by atoms with Crippen molar-refractivity contribution >= 4 is 11.4 Å². The van der Waals surface area contributed by atoms with Crippen LogP contribution in [0.1, 0.15) is 12.5 Å². The number of rotatable bonds is 5. The molecule has 0 heterocycles. The quantitative estimate of drug-likeness (QED) is 0.346. The van der Waals surface area contributed by atoms with Crippen molar-refractivity contribution in [2.45, 2.75) is 6.92 Å². The first kappa shape index (κ1) is 17.2. The fraction of sp³-hybridized carbons (Fsp3) is 0.0952. The Morgan fingerprint density at radius 3 is 2.04 bits per heavy atom. The second-order valence-electron chi connectivity index (χ2n) is 5.54. The van der Waals surface area contributed by atoms with E-state index < -0.39 is 0 Å². The van der Waals surface area contributed by atoms with E-state index in [4.69, 9.17) is 10.00 Å². The van der Waals surface area contributed by atoms with Crippen LogP contribution in [0.15, 0.2) is 77.9 Å². The summed E-state index contributed by atoms with van der Waals surface area (Å²) in [5.74, 6) is 0.833. The summed E-state index contributed by atoms with van der Waals surface area (Å²) in [4.78, 5) is 0.573. The van der Waals surface area contributed by atoms with Gasteiger partial charge in [-0.2, -0.15) is 5.26 Å². The van der Waals surface area contributed by atoms with Gasteiger partial charge in [-0.1, -0.05) is 17.0 Å². The Kier molecular flexibility index (Phi) is 5.25. The van der Waals surface area contributed by atoms with Gasteiger partial charge in [0.05, 0.1) is 18.2 Å². The first-order chi connectivity index (χ1) is 12.7. The number of ether oxygens (including phenoxy) is 1. The fourth-order valence-corrected chi connectivity index (χ4v) is 2.46. The van der Waals surface area contributed by atoms with Gasteiger partial charge in [0.2, 0.25) is 5.69 Å². The molecule has 26 heavy (non-hydrogen) atoms. The summed E-state index contributed by atoms with van der Waals surface area (Å²) in [6.45, 7) is 2.58. The molecule has 0 amide bonds. The van der Waals surface area contributed by atoms with Crippen LogP contribution in [0.4, 0.5) is 11.4 Å². The molecular weight excluding hydrogens is 326 g/mol. The summed E-state index contributed by atoms with van der Waals surface area (Å²) in [6.07, 6.45) is 0. The van der Waals surface area contributed by atoms with Crippen LogP contribution in [-0.2, 0) is 0 Å². The molecule has 5 nitrogen and oxygen atoms in total. The largest absolute Gasteiger partial charge is 0.594 e. The molecular formula is C21H17N3O2. The van der Waals surface area contributed by atoms with Crippen LogP contribution in [-0.4, -0.2) is 11.5 Å². The van der Waals surface area contributed by atoms with Gasteiger partial charge in [-0.3, -0.25) is 0 Å². The lowest BCUT2D eigenvalue weighted by atomic mass is 10.1. The summed E-state index contributed by atoms with van der Waals surface area (Å²) in [5, 5.41) is 25.0. The van der Waals surface area contributed by atoms with Crippen molar-refractivity contribution in [1.29, 1.82) is 5.26 Å². The second-order valence-corrected chi connectivity index (χ2v) is 5.54. The monoisotopic (exact) mass is 343 g/mol. The first-order valence-corrected chi connectivity index (χ1v) is 8.22. The zero-order valence-corrected chi connectivity index (χ0v) is 14.3. The van der Waals surface area contributed by atoms with Crippen molar-refractivity contribution in [1.82, 2.24) is 0 Å². The van der Waals surface area contributed by atoms with Gasteiger partial charge in [0.1, 0.15) is 11.4 Å². The number of hydrogen-bond donors (Lipinski definition) is 0. The van der Waals surface area contributed by atoms with E-state index >= 15 is 0 Å². The molecule has 0 aliphatic heterocycles. The summed E-state index contributed by atoms with van der Waals surface area (Å²) in [5.41, 5.74) is 3.50. The Labute approximate surface area is 152 Å². The maximum Gasteiger partial charge on any atom is 0.244 e. The zero-order valence-electron chi connectivity index (χ0n) is 14.3. The normalized spacial score (nSPS) is 11.0. The Balaban J connectivity index is 1.77. The molecule has 0 N–H and O–H groups in total. The highest BCUT2D eigenvalue weighted by atomic mass is 16.5. The molecule has 128 valence electrons. The molecule has 0 aliphatic carbocycles. The minimum absolute atomic E-state index is 0.434. The molecule has 0 atom stereocenters. The Hall–Kier alpha value is -3.65. The maximum atomic E-state index is 12.2. The SMILES string of the molecule is CCOc1ccc(-c2ccc([N+]([O-])=Nc3ccc(C#N)cc3)cc2)cc1. The van der Waals surface area contributed by atoms with E-state index in [9.17, 15) is 5.21 Å². The van der Waals surface area contributed by atoms with Gasteiger partial charge < -0.3 is 9.94 Å². The second kappa shape index (κ2) is 7.95. The van der Waals surface area contributed by atoms with Crippen LogP contribution in [0.3, 0.4) is 0 Å². The van der Waals surface area contributed by atoms with Crippen molar-refractivity contribution in [3.8, 4) is 22.9 Å². The third-order valence-electron chi connectivity index (χ3n) is 3.79. The van der Waals surface area contributed by atoms with Gasteiger partial charge in [0.15, 0.2) is 0 Å². The third kappa shape index (κ3) is 4.05. The maximum absolute atomic E-state index is 12.2. The molecule has 0 saturated carbocycles. The van der Waals surface area contributed by atoms with Crippen molar-refractivity contribution in [3.05, 3.63) is 83.6 Å². The molecule has 0 bridgehead atoms. The predicted octanol–water partition coefficient (Wildman–Crippen LogP) is 5.55. The highest BCUT2D eigenvalue weighted by molar-refractivity contribution is 5.65. The molecule has 0 aromatic heterocycles. The Morgan fingerprint density at radius 1 is 0.923 bits per heavy atom. The lowest BCUT2D eigenvalue weighted by Crippen LogP contribution is -1.91. The lowest BCUT2D eigenvalue weighted by Gasteiger charge is -2.06. The lowest BCUT2D eigenvalue weighted by molar-refractivity contribution is -0.435. The van der Waals surface area contributed by atoms with Crippen molar-refractivity contribution in [2.75, 3.05) is 6.61 Å². The molecule has 0 fully saturated rings. The molecule has 0 unspecified atom stereocenters. The first-order valence-electron chi connectivity index (χ1n) is 8.22. The zero-order chi connectivity index (χ0) is 18.4. The van der Waals surface area contributed by atoms with E-state index in [0.717, 1.165) is 16.9 Å². The van der Waals surface area contributed by atoms with Crippen LogP contribution < -0.4 is 4.74 Å². The molecule has 3 aromatic rings. The van der Waals surface area contributed by atoms with Crippen molar-refractivity contribution < 1.29 is 9.60 Å². The Bertz CT molecular complexity index is 939. The van der Waals surface area contributed by atoms with Crippen LogP contribution in [0, 0.1) is 16.5 Å². The summed E-state index contributed by atoms with van der Waals surface area (Å²) in [7, 11) is 0. The van der Waals surface area contributed by atoms with Crippen molar-refractivity contribution in [3.63, 3.8) is 0 Å². The molecule has 3 rings (SSSR count). The summed E-state index contributed by atoms with van der Waals surface area (Å²) >= 11 is 0.